The summed E-state index contributed by atoms with van der Waals surface area (Å²) in [5.41, 5.74) is 3.22. The number of carbonyl (C=O) groups is 1. The van der Waals surface area contributed by atoms with Gasteiger partial charge in [0.2, 0.25) is 5.88 Å². The monoisotopic (exact) mass is 617 g/mol. The smallest absolute Gasteiger partial charge is 0.338 e. The van der Waals surface area contributed by atoms with E-state index in [1.54, 1.807) is 34.9 Å². The number of ether oxygens (including phenoxy) is 3. The molecule has 224 valence electrons. The normalized spacial score (nSPS) is 15.6. The second-order valence-corrected chi connectivity index (χ2v) is 11.2. The Kier molecular flexibility index (Phi) is 7.39. The lowest BCUT2D eigenvalue weighted by molar-refractivity contribution is -0.0590. The molecule has 0 aliphatic carbocycles. The number of benzene rings is 3. The molecule has 8 nitrogen and oxygen atoms in total. The van der Waals surface area contributed by atoms with Crippen LogP contribution in [0.3, 0.4) is 0 Å². The molecule has 44 heavy (non-hydrogen) atoms. The number of carboxylic acids is 1. The molecule has 11 heteroatoms. The van der Waals surface area contributed by atoms with E-state index >= 15 is 8.78 Å². The minimum atomic E-state index is -1.37. The highest BCUT2D eigenvalue weighted by Gasteiger charge is 2.26. The minimum absolute atomic E-state index is 0.0689. The van der Waals surface area contributed by atoms with Gasteiger partial charge in [0.05, 0.1) is 36.0 Å². The van der Waals surface area contributed by atoms with Crippen molar-refractivity contribution in [1.29, 1.82) is 0 Å². The molecule has 5 aromatic rings. The topological polar surface area (TPSA) is 95.7 Å². The summed E-state index contributed by atoms with van der Waals surface area (Å²) in [6.45, 7) is 1.71. The molecule has 3 aromatic carbocycles. The number of pyridine rings is 1. The fourth-order valence-corrected chi connectivity index (χ4v) is 5.86. The van der Waals surface area contributed by atoms with Crippen molar-refractivity contribution in [3.05, 3.63) is 105 Å². The van der Waals surface area contributed by atoms with Crippen LogP contribution in [0.4, 0.5) is 8.78 Å². The van der Waals surface area contributed by atoms with Gasteiger partial charge in [-0.3, -0.25) is 0 Å². The maximum atomic E-state index is 15.5. The maximum absolute atomic E-state index is 15.5. The minimum Gasteiger partial charge on any atom is -0.492 e. The summed E-state index contributed by atoms with van der Waals surface area (Å²) in [5, 5.41) is 10.1. The molecule has 2 aliphatic rings. The molecule has 0 amide bonds. The van der Waals surface area contributed by atoms with E-state index in [9.17, 15) is 9.90 Å². The zero-order chi connectivity index (χ0) is 30.4. The predicted octanol–water partition coefficient (Wildman–Crippen LogP) is 6.62. The second kappa shape index (κ2) is 11.5. The molecule has 0 saturated carbocycles. The highest BCUT2D eigenvalue weighted by Crippen LogP contribution is 2.36. The van der Waals surface area contributed by atoms with Gasteiger partial charge in [0, 0.05) is 47.2 Å². The van der Waals surface area contributed by atoms with Crippen LogP contribution in [0.25, 0.3) is 22.3 Å². The molecule has 0 radical (unpaired) electrons. The van der Waals surface area contributed by atoms with E-state index in [-0.39, 0.29) is 31.2 Å². The Balaban J connectivity index is 1.13. The van der Waals surface area contributed by atoms with E-state index in [1.807, 2.05) is 12.1 Å². The summed E-state index contributed by atoms with van der Waals surface area (Å²) in [6, 6.07) is 16.5. The van der Waals surface area contributed by atoms with E-state index in [0.29, 0.717) is 52.3 Å². The first-order valence-corrected chi connectivity index (χ1v) is 14.6. The molecule has 0 spiro atoms. The Morgan fingerprint density at radius 2 is 1.91 bits per heavy atom. The molecule has 2 aromatic heterocycles. The van der Waals surface area contributed by atoms with Crippen LogP contribution >= 0.6 is 11.6 Å². The summed E-state index contributed by atoms with van der Waals surface area (Å²) >= 11 is 6.29. The van der Waals surface area contributed by atoms with E-state index in [4.69, 9.17) is 25.8 Å². The van der Waals surface area contributed by atoms with Gasteiger partial charge >= 0.3 is 5.97 Å². The molecule has 7 rings (SSSR count). The van der Waals surface area contributed by atoms with Crippen LogP contribution in [0.2, 0.25) is 5.02 Å². The quantitative estimate of drug-likeness (QED) is 0.199. The first-order chi connectivity index (χ1) is 21.4. The van der Waals surface area contributed by atoms with Crippen LogP contribution in [0.5, 0.6) is 11.6 Å². The molecule has 1 atom stereocenters. The highest BCUT2D eigenvalue weighted by atomic mass is 35.5. The van der Waals surface area contributed by atoms with E-state index in [0.717, 1.165) is 29.7 Å². The molecule has 1 N–H and O–H groups in total. The molecule has 2 aliphatic heterocycles. The summed E-state index contributed by atoms with van der Waals surface area (Å²) < 4.78 is 49.7. The van der Waals surface area contributed by atoms with Crippen molar-refractivity contribution in [2.45, 2.75) is 38.5 Å². The Morgan fingerprint density at radius 3 is 2.68 bits per heavy atom. The third-order valence-electron chi connectivity index (χ3n) is 8.02. The van der Waals surface area contributed by atoms with Gasteiger partial charge in [-0.25, -0.2) is 23.5 Å². The molecular formula is C33H26ClF2N3O5. The standard InChI is InChI=1S/C33H26ClF2N3O5/c34-24-8-6-20(32-22(24)11-13-43-32)17-44-29-3-1-2-26(38-29)19-5-4-18(25(35)14-19)15-28-37-27-9-7-23(33(40)41)30(36)31(27)39(28)16-21-10-12-42-21/h1-9,14,21H,10-13,15-17H2,(H,40,41)/t21-/m0/s1. The average molecular weight is 618 g/mol. The first-order valence-electron chi connectivity index (χ1n) is 14.2. The van der Waals surface area contributed by atoms with Crippen LogP contribution < -0.4 is 9.47 Å². The highest BCUT2D eigenvalue weighted by molar-refractivity contribution is 6.31. The number of aromatic nitrogens is 3. The number of hydrogen-bond acceptors (Lipinski definition) is 6. The Morgan fingerprint density at radius 1 is 1.07 bits per heavy atom. The van der Waals surface area contributed by atoms with Crippen LogP contribution in [0, 0.1) is 11.6 Å². The van der Waals surface area contributed by atoms with Crippen molar-refractivity contribution in [3.8, 4) is 22.9 Å². The van der Waals surface area contributed by atoms with Crippen molar-refractivity contribution in [3.63, 3.8) is 0 Å². The third-order valence-corrected chi connectivity index (χ3v) is 8.37. The number of fused-ring (bicyclic) bond motifs is 2. The van der Waals surface area contributed by atoms with E-state index < -0.39 is 23.2 Å². The number of halogens is 3. The Labute approximate surface area is 255 Å². The first kappa shape index (κ1) is 28.2. The van der Waals surface area contributed by atoms with Crippen molar-refractivity contribution >= 4 is 28.6 Å². The predicted molar refractivity (Wildman–Crippen MR) is 158 cm³/mol. The molecular weight excluding hydrogens is 592 g/mol. The van der Waals surface area contributed by atoms with Gasteiger partial charge in [-0.2, -0.15) is 0 Å². The van der Waals surface area contributed by atoms with Crippen molar-refractivity contribution in [2.24, 2.45) is 0 Å². The van der Waals surface area contributed by atoms with Crippen LogP contribution in [0.1, 0.15) is 39.3 Å². The van der Waals surface area contributed by atoms with Crippen LogP contribution in [-0.4, -0.2) is 44.9 Å². The summed E-state index contributed by atoms with van der Waals surface area (Å²) in [4.78, 5) is 20.7. The van der Waals surface area contributed by atoms with Gasteiger partial charge in [-0.05, 0) is 42.3 Å². The number of aromatic carboxylic acids is 1. The SMILES string of the molecule is O=C(O)c1ccc2nc(Cc3ccc(-c4cccc(OCc5ccc(Cl)c6c5OCC6)n4)cc3F)n(C[C@@H]3CCO3)c2c1F. The molecule has 1 fully saturated rings. The lowest BCUT2D eigenvalue weighted by atomic mass is 10.1. The van der Waals surface area contributed by atoms with Crippen molar-refractivity contribution in [2.75, 3.05) is 13.2 Å². The lowest BCUT2D eigenvalue weighted by Crippen LogP contribution is -2.32. The lowest BCUT2D eigenvalue weighted by Gasteiger charge is -2.27. The van der Waals surface area contributed by atoms with Gasteiger partial charge in [0.25, 0.3) is 0 Å². The summed E-state index contributed by atoms with van der Waals surface area (Å²) in [7, 11) is 0. The number of rotatable bonds is 9. The molecule has 4 heterocycles. The second-order valence-electron chi connectivity index (χ2n) is 10.8. The van der Waals surface area contributed by atoms with E-state index in [1.165, 1.54) is 18.2 Å². The Hall–Kier alpha value is -4.54. The van der Waals surface area contributed by atoms with Gasteiger partial charge in [0.15, 0.2) is 5.82 Å². The number of nitrogens with zero attached hydrogens (tertiary/aromatic N) is 3. The van der Waals surface area contributed by atoms with Gasteiger partial charge in [0.1, 0.15) is 29.5 Å². The van der Waals surface area contributed by atoms with Gasteiger partial charge in [-0.1, -0.05) is 35.9 Å². The van der Waals surface area contributed by atoms with Crippen LogP contribution in [0.15, 0.2) is 60.7 Å². The average Bonchev–Trinajstić information content (AvgIpc) is 3.62. The number of imidazole rings is 1. The van der Waals surface area contributed by atoms with E-state index in [2.05, 4.69) is 9.97 Å². The van der Waals surface area contributed by atoms with Gasteiger partial charge in [-0.15, -0.1) is 0 Å². The fraction of sp³-hybridized carbons (Fsp3) is 0.242. The zero-order valence-corrected chi connectivity index (χ0v) is 24.1. The van der Waals surface area contributed by atoms with Gasteiger partial charge < -0.3 is 23.9 Å². The maximum Gasteiger partial charge on any atom is 0.338 e. The number of hydrogen-bond donors (Lipinski definition) is 1. The summed E-state index contributed by atoms with van der Waals surface area (Å²) in [5.74, 6) is -1.17. The number of carboxylic acid groups (broad SMARTS) is 1. The van der Waals surface area contributed by atoms with Crippen molar-refractivity contribution < 1.29 is 32.9 Å². The van der Waals surface area contributed by atoms with Crippen molar-refractivity contribution in [1.82, 2.24) is 14.5 Å². The largest absolute Gasteiger partial charge is 0.492 e. The summed E-state index contributed by atoms with van der Waals surface area (Å²) in [6.07, 6.45) is 1.46. The zero-order valence-electron chi connectivity index (χ0n) is 23.4. The molecule has 0 unspecified atom stereocenters. The molecule has 0 bridgehead atoms. The Bertz CT molecular complexity index is 1920. The molecule has 1 saturated heterocycles. The third kappa shape index (κ3) is 5.24. The van der Waals surface area contributed by atoms with Crippen LogP contribution in [-0.2, 0) is 30.7 Å². The fourth-order valence-electron chi connectivity index (χ4n) is 5.62.